The molecular weight excluding hydrogens is 226 g/mol. The highest BCUT2D eigenvalue weighted by Crippen LogP contribution is 2.10. The molecule has 0 spiro atoms. The van der Waals surface area contributed by atoms with E-state index in [2.05, 4.69) is 4.36 Å². The maximum absolute atomic E-state index is 12.2. The van der Waals surface area contributed by atoms with Crippen molar-refractivity contribution < 1.29 is 13.7 Å². The highest BCUT2D eigenvalue weighted by atomic mass is 32.2. The van der Waals surface area contributed by atoms with E-state index in [0.717, 1.165) is 4.90 Å². The Morgan fingerprint density at radius 3 is 2.31 bits per heavy atom. The standard InChI is InChI=1S/C11H17NO3S/c1-14-11(15-2)9-12-16(3,13)10-7-5-4-6-8-10/h4-8,11H,9H2,1-3H3. The summed E-state index contributed by atoms with van der Waals surface area (Å²) in [5.41, 5.74) is 0. The van der Waals surface area contributed by atoms with Gasteiger partial charge >= 0.3 is 0 Å². The van der Waals surface area contributed by atoms with Crippen molar-refractivity contribution in [1.82, 2.24) is 0 Å². The van der Waals surface area contributed by atoms with Gasteiger partial charge in [-0.25, -0.2) is 8.57 Å². The second kappa shape index (κ2) is 5.98. The second-order valence-corrected chi connectivity index (χ2v) is 5.66. The Balaban J connectivity index is 2.86. The lowest BCUT2D eigenvalue weighted by Crippen LogP contribution is -2.17. The van der Waals surface area contributed by atoms with E-state index >= 15 is 0 Å². The molecule has 1 aromatic rings. The van der Waals surface area contributed by atoms with E-state index in [9.17, 15) is 4.21 Å². The summed E-state index contributed by atoms with van der Waals surface area (Å²) in [7, 11) is 0.702. The molecule has 1 aromatic carbocycles. The Kier molecular flexibility index (Phi) is 4.92. The highest BCUT2D eigenvalue weighted by molar-refractivity contribution is 7.93. The number of hydrogen-bond donors (Lipinski definition) is 0. The molecule has 0 N–H and O–H groups in total. The van der Waals surface area contributed by atoms with Crippen LogP contribution in [0.4, 0.5) is 0 Å². The van der Waals surface area contributed by atoms with Crippen molar-refractivity contribution in [3.8, 4) is 0 Å². The summed E-state index contributed by atoms with van der Waals surface area (Å²) < 4.78 is 26.4. The van der Waals surface area contributed by atoms with Gasteiger partial charge in [-0.15, -0.1) is 0 Å². The van der Waals surface area contributed by atoms with Crippen LogP contribution in [0, 0.1) is 0 Å². The van der Waals surface area contributed by atoms with Gasteiger partial charge in [0.15, 0.2) is 6.29 Å². The minimum Gasteiger partial charge on any atom is -0.354 e. The SMILES string of the molecule is COC(CN=S(C)(=O)c1ccccc1)OC. The first-order valence-electron chi connectivity index (χ1n) is 4.88. The molecular formula is C11H17NO3S. The van der Waals surface area contributed by atoms with Gasteiger partial charge in [0, 0.05) is 25.4 Å². The Bertz CT molecular complexity index is 420. The molecule has 0 amide bonds. The first-order chi connectivity index (χ1) is 7.60. The molecule has 1 rings (SSSR count). The Morgan fingerprint density at radius 2 is 1.81 bits per heavy atom. The third-order valence-corrected chi connectivity index (χ3v) is 3.96. The van der Waals surface area contributed by atoms with E-state index in [1.807, 2.05) is 18.2 Å². The average molecular weight is 243 g/mol. The second-order valence-electron chi connectivity index (χ2n) is 3.33. The van der Waals surface area contributed by atoms with Crippen molar-refractivity contribution >= 4 is 9.73 Å². The third-order valence-electron chi connectivity index (χ3n) is 2.18. The quantitative estimate of drug-likeness (QED) is 0.740. The van der Waals surface area contributed by atoms with Gasteiger partial charge in [0.2, 0.25) is 0 Å². The van der Waals surface area contributed by atoms with Gasteiger partial charge in [-0.05, 0) is 12.1 Å². The van der Waals surface area contributed by atoms with Crippen molar-refractivity contribution in [2.24, 2.45) is 4.36 Å². The minimum absolute atomic E-state index is 0.261. The minimum atomic E-state index is -2.36. The van der Waals surface area contributed by atoms with Crippen LogP contribution in [0.1, 0.15) is 0 Å². The van der Waals surface area contributed by atoms with Gasteiger partial charge in [-0.1, -0.05) is 18.2 Å². The van der Waals surface area contributed by atoms with Crippen LogP contribution in [0.3, 0.4) is 0 Å². The first kappa shape index (κ1) is 13.2. The zero-order valence-corrected chi connectivity index (χ0v) is 10.6. The fraction of sp³-hybridized carbons (Fsp3) is 0.455. The van der Waals surface area contributed by atoms with Crippen LogP contribution in [-0.4, -0.2) is 37.5 Å². The van der Waals surface area contributed by atoms with Crippen LogP contribution in [-0.2, 0) is 19.2 Å². The maximum Gasteiger partial charge on any atom is 0.176 e. The molecule has 1 unspecified atom stereocenters. The summed E-state index contributed by atoms with van der Waals surface area (Å²) in [5.74, 6) is 0. The average Bonchev–Trinajstić information content (AvgIpc) is 2.31. The molecule has 5 heteroatoms. The Hall–Kier alpha value is -0.910. The molecule has 0 saturated heterocycles. The molecule has 4 nitrogen and oxygen atoms in total. The Labute approximate surface area is 96.8 Å². The number of hydrogen-bond acceptors (Lipinski definition) is 4. The molecule has 0 radical (unpaired) electrons. The molecule has 0 aliphatic rings. The van der Waals surface area contributed by atoms with E-state index in [-0.39, 0.29) is 6.54 Å². The van der Waals surface area contributed by atoms with Crippen LogP contribution in [0.5, 0.6) is 0 Å². The molecule has 16 heavy (non-hydrogen) atoms. The molecule has 0 aliphatic heterocycles. The lowest BCUT2D eigenvalue weighted by atomic mass is 10.4. The van der Waals surface area contributed by atoms with Gasteiger partial charge in [-0.2, -0.15) is 0 Å². The summed E-state index contributed by atoms with van der Waals surface area (Å²) in [6.07, 6.45) is 1.18. The fourth-order valence-electron chi connectivity index (χ4n) is 1.20. The van der Waals surface area contributed by atoms with Crippen LogP contribution < -0.4 is 0 Å². The summed E-state index contributed by atoms with van der Waals surface area (Å²) in [5, 5.41) is 0. The van der Waals surface area contributed by atoms with Crippen molar-refractivity contribution in [3.63, 3.8) is 0 Å². The molecule has 1 atom stereocenters. The molecule has 0 saturated carbocycles. The molecule has 0 aliphatic carbocycles. The summed E-state index contributed by atoms with van der Waals surface area (Å²) in [6.45, 7) is 0.261. The topological polar surface area (TPSA) is 47.9 Å². The van der Waals surface area contributed by atoms with Crippen molar-refractivity contribution in [2.75, 3.05) is 27.0 Å². The van der Waals surface area contributed by atoms with Crippen molar-refractivity contribution in [1.29, 1.82) is 0 Å². The lowest BCUT2D eigenvalue weighted by Gasteiger charge is -2.11. The number of methoxy groups -OCH3 is 2. The molecule has 0 bridgehead atoms. The zero-order valence-electron chi connectivity index (χ0n) is 9.75. The van der Waals surface area contributed by atoms with Gasteiger partial charge in [0.05, 0.1) is 16.3 Å². The highest BCUT2D eigenvalue weighted by Gasteiger charge is 2.08. The summed E-state index contributed by atoms with van der Waals surface area (Å²) in [6, 6.07) is 9.18. The van der Waals surface area contributed by atoms with Gasteiger partial charge in [0.1, 0.15) is 0 Å². The van der Waals surface area contributed by atoms with E-state index in [1.165, 1.54) is 14.2 Å². The number of benzene rings is 1. The van der Waals surface area contributed by atoms with Crippen LogP contribution in [0.2, 0.25) is 0 Å². The van der Waals surface area contributed by atoms with E-state index < -0.39 is 16.0 Å². The largest absolute Gasteiger partial charge is 0.354 e. The molecule has 0 aromatic heterocycles. The fourth-order valence-corrected chi connectivity index (χ4v) is 2.41. The van der Waals surface area contributed by atoms with Crippen LogP contribution >= 0.6 is 0 Å². The van der Waals surface area contributed by atoms with Gasteiger partial charge in [-0.3, -0.25) is 0 Å². The lowest BCUT2D eigenvalue weighted by molar-refractivity contribution is -0.0934. The number of nitrogens with zero attached hydrogens (tertiary/aromatic N) is 1. The monoisotopic (exact) mass is 243 g/mol. The van der Waals surface area contributed by atoms with Gasteiger partial charge < -0.3 is 9.47 Å². The maximum atomic E-state index is 12.2. The predicted molar refractivity (Wildman–Crippen MR) is 63.9 cm³/mol. The van der Waals surface area contributed by atoms with Crippen molar-refractivity contribution in [3.05, 3.63) is 30.3 Å². The predicted octanol–water partition coefficient (Wildman–Crippen LogP) is 1.76. The molecule has 90 valence electrons. The molecule has 0 heterocycles. The number of ether oxygens (including phenoxy) is 2. The number of rotatable bonds is 5. The first-order valence-corrected chi connectivity index (χ1v) is 6.81. The Morgan fingerprint density at radius 1 is 1.25 bits per heavy atom. The van der Waals surface area contributed by atoms with E-state index in [4.69, 9.17) is 9.47 Å². The summed E-state index contributed by atoms with van der Waals surface area (Å²) >= 11 is 0. The van der Waals surface area contributed by atoms with Crippen LogP contribution in [0.25, 0.3) is 0 Å². The molecule has 0 fully saturated rings. The third kappa shape index (κ3) is 3.59. The van der Waals surface area contributed by atoms with Gasteiger partial charge in [0.25, 0.3) is 0 Å². The zero-order chi connectivity index (χ0) is 12.0. The van der Waals surface area contributed by atoms with E-state index in [0.29, 0.717) is 0 Å². The smallest absolute Gasteiger partial charge is 0.176 e. The van der Waals surface area contributed by atoms with E-state index in [1.54, 1.807) is 18.4 Å². The van der Waals surface area contributed by atoms with Crippen LogP contribution in [0.15, 0.2) is 39.6 Å². The summed E-state index contributed by atoms with van der Waals surface area (Å²) in [4.78, 5) is 0.723. The van der Waals surface area contributed by atoms with Crippen molar-refractivity contribution in [2.45, 2.75) is 11.2 Å². The normalized spacial score (nSPS) is 14.8.